The molecule has 0 radical (unpaired) electrons. The Morgan fingerprint density at radius 2 is 2.04 bits per heavy atom. The topological polar surface area (TPSA) is 69.4 Å². The minimum atomic E-state index is -0.398. The molecule has 0 saturated heterocycles. The van der Waals surface area contributed by atoms with Gasteiger partial charge in [-0.1, -0.05) is 29.4 Å². The van der Waals surface area contributed by atoms with E-state index in [1.807, 2.05) is 33.1 Å². The third-order valence-corrected chi connectivity index (χ3v) is 4.69. The summed E-state index contributed by atoms with van der Waals surface area (Å²) in [4.78, 5) is 21.2. The maximum atomic E-state index is 12.4. The van der Waals surface area contributed by atoms with Crippen molar-refractivity contribution < 1.29 is 9.53 Å². The highest BCUT2D eigenvalue weighted by Gasteiger charge is 2.17. The van der Waals surface area contributed by atoms with Crippen molar-refractivity contribution in [1.82, 2.24) is 19.6 Å². The molecular formula is C17H17ClN4O2S. The van der Waals surface area contributed by atoms with Crippen LogP contribution in [0.2, 0.25) is 5.02 Å². The van der Waals surface area contributed by atoms with Crippen molar-refractivity contribution >= 4 is 35.1 Å². The summed E-state index contributed by atoms with van der Waals surface area (Å²) < 4.78 is 7.08. The van der Waals surface area contributed by atoms with E-state index in [0.717, 1.165) is 22.5 Å². The van der Waals surface area contributed by atoms with E-state index < -0.39 is 5.97 Å². The zero-order chi connectivity index (χ0) is 18.1. The first-order chi connectivity index (χ1) is 11.9. The molecule has 0 aliphatic heterocycles. The second kappa shape index (κ2) is 7.01. The smallest absolute Gasteiger partial charge is 0.315 e. The number of rotatable bonds is 4. The molecule has 0 unspecified atom stereocenters. The third-order valence-electron chi connectivity index (χ3n) is 3.84. The van der Waals surface area contributed by atoms with Gasteiger partial charge in [0.15, 0.2) is 0 Å². The second-order valence-corrected chi connectivity index (χ2v) is 6.84. The SMILES string of the molecule is CSc1nc2nc(C)c(CC(=O)Oc3cc(C)ccc3Cl)c(C)n2n1. The molecule has 0 N–H and O–H groups in total. The standard InChI is InChI=1S/C17H17ClN4O2S/c1-9-5-6-13(18)14(7-9)24-15(23)8-12-10(2)19-16-20-17(25-4)21-22(16)11(12)3/h5-7H,8H2,1-4H3. The number of nitrogens with zero attached hydrogens (tertiary/aromatic N) is 4. The number of halogens is 1. The van der Waals surface area contributed by atoms with E-state index >= 15 is 0 Å². The van der Waals surface area contributed by atoms with Gasteiger partial charge in [0, 0.05) is 17.0 Å². The van der Waals surface area contributed by atoms with Crippen molar-refractivity contribution in [3.8, 4) is 5.75 Å². The molecule has 0 aliphatic carbocycles. The van der Waals surface area contributed by atoms with Crippen LogP contribution in [0, 0.1) is 20.8 Å². The number of fused-ring (bicyclic) bond motifs is 1. The van der Waals surface area contributed by atoms with Crippen LogP contribution in [0.4, 0.5) is 0 Å². The van der Waals surface area contributed by atoms with Crippen molar-refractivity contribution in [2.45, 2.75) is 32.3 Å². The fraction of sp³-hybridized carbons (Fsp3) is 0.294. The van der Waals surface area contributed by atoms with Crippen LogP contribution in [0.1, 0.15) is 22.5 Å². The number of ether oxygens (including phenoxy) is 1. The highest BCUT2D eigenvalue weighted by Crippen LogP contribution is 2.26. The van der Waals surface area contributed by atoms with Crippen molar-refractivity contribution in [3.63, 3.8) is 0 Å². The van der Waals surface area contributed by atoms with Crippen molar-refractivity contribution in [2.75, 3.05) is 6.26 Å². The van der Waals surface area contributed by atoms with Crippen LogP contribution in [-0.4, -0.2) is 31.8 Å². The summed E-state index contributed by atoms with van der Waals surface area (Å²) in [6.45, 7) is 5.65. The Morgan fingerprint density at radius 3 is 2.76 bits per heavy atom. The van der Waals surface area contributed by atoms with Gasteiger partial charge in [-0.15, -0.1) is 5.10 Å². The Labute approximate surface area is 154 Å². The van der Waals surface area contributed by atoms with E-state index in [4.69, 9.17) is 16.3 Å². The van der Waals surface area contributed by atoms with Crippen LogP contribution in [0.15, 0.2) is 23.4 Å². The van der Waals surface area contributed by atoms with Crippen molar-refractivity contribution in [3.05, 3.63) is 45.7 Å². The highest BCUT2D eigenvalue weighted by molar-refractivity contribution is 7.98. The average Bonchev–Trinajstić information content (AvgIpc) is 2.98. The summed E-state index contributed by atoms with van der Waals surface area (Å²) >= 11 is 7.53. The molecule has 8 heteroatoms. The first-order valence-electron chi connectivity index (χ1n) is 7.62. The highest BCUT2D eigenvalue weighted by atomic mass is 35.5. The number of aromatic nitrogens is 4. The summed E-state index contributed by atoms with van der Waals surface area (Å²) in [6, 6.07) is 5.31. The van der Waals surface area contributed by atoms with Crippen LogP contribution < -0.4 is 4.74 Å². The largest absolute Gasteiger partial charge is 0.425 e. The van der Waals surface area contributed by atoms with Crippen molar-refractivity contribution in [1.29, 1.82) is 0 Å². The van der Waals surface area contributed by atoms with Gasteiger partial charge in [-0.2, -0.15) is 4.98 Å². The zero-order valence-electron chi connectivity index (χ0n) is 14.3. The van der Waals surface area contributed by atoms with Crippen LogP contribution in [0.3, 0.4) is 0 Å². The lowest BCUT2D eigenvalue weighted by Crippen LogP contribution is -2.16. The molecule has 1 aromatic carbocycles. The van der Waals surface area contributed by atoms with E-state index in [9.17, 15) is 4.79 Å². The van der Waals surface area contributed by atoms with Crippen LogP contribution in [0.5, 0.6) is 5.75 Å². The van der Waals surface area contributed by atoms with Gasteiger partial charge in [0.05, 0.1) is 11.4 Å². The molecule has 0 amide bonds. The summed E-state index contributed by atoms with van der Waals surface area (Å²) in [5, 5.41) is 5.43. The summed E-state index contributed by atoms with van der Waals surface area (Å²) in [5.41, 5.74) is 3.30. The summed E-state index contributed by atoms with van der Waals surface area (Å²) in [6.07, 6.45) is 1.99. The molecule has 3 aromatic rings. The molecule has 0 saturated carbocycles. The molecule has 2 aromatic heterocycles. The first kappa shape index (κ1) is 17.7. The van der Waals surface area contributed by atoms with E-state index in [2.05, 4.69) is 15.1 Å². The zero-order valence-corrected chi connectivity index (χ0v) is 15.9. The van der Waals surface area contributed by atoms with Crippen LogP contribution >= 0.6 is 23.4 Å². The fourth-order valence-electron chi connectivity index (χ4n) is 2.52. The molecule has 2 heterocycles. The lowest BCUT2D eigenvalue weighted by Gasteiger charge is -2.11. The van der Waals surface area contributed by atoms with Gasteiger partial charge in [-0.3, -0.25) is 4.79 Å². The lowest BCUT2D eigenvalue weighted by molar-refractivity contribution is -0.133. The van der Waals surface area contributed by atoms with Crippen molar-refractivity contribution in [2.24, 2.45) is 0 Å². The Morgan fingerprint density at radius 1 is 1.28 bits per heavy atom. The minimum absolute atomic E-state index is 0.0827. The van der Waals surface area contributed by atoms with Gasteiger partial charge in [-0.05, 0) is 44.7 Å². The molecule has 0 aliphatic rings. The molecular weight excluding hydrogens is 360 g/mol. The predicted octanol–water partition coefficient (Wildman–Crippen LogP) is 3.57. The second-order valence-electron chi connectivity index (χ2n) is 5.66. The number of carbonyl (C=O) groups is 1. The van der Waals surface area contributed by atoms with E-state index in [1.54, 1.807) is 16.6 Å². The quantitative estimate of drug-likeness (QED) is 0.394. The average molecular weight is 377 g/mol. The molecule has 6 nitrogen and oxygen atoms in total. The first-order valence-corrected chi connectivity index (χ1v) is 9.23. The molecule has 0 bridgehead atoms. The van der Waals surface area contributed by atoms with Gasteiger partial charge >= 0.3 is 5.97 Å². The Kier molecular flexibility index (Phi) is 4.96. The number of aryl methyl sites for hydroxylation is 3. The molecule has 25 heavy (non-hydrogen) atoms. The van der Waals surface area contributed by atoms with Gasteiger partial charge in [0.2, 0.25) is 5.16 Å². The van der Waals surface area contributed by atoms with E-state index in [0.29, 0.717) is 21.7 Å². The van der Waals surface area contributed by atoms with Gasteiger partial charge in [-0.25, -0.2) is 9.50 Å². The Balaban J connectivity index is 1.89. The Bertz CT molecular complexity index is 971. The molecule has 3 rings (SSSR count). The number of esters is 1. The fourth-order valence-corrected chi connectivity index (χ4v) is 3.02. The van der Waals surface area contributed by atoms with E-state index in [-0.39, 0.29) is 6.42 Å². The number of carbonyl (C=O) groups excluding carboxylic acids is 1. The van der Waals surface area contributed by atoms with Gasteiger partial charge < -0.3 is 4.74 Å². The number of hydrogen-bond donors (Lipinski definition) is 0. The van der Waals surface area contributed by atoms with E-state index in [1.165, 1.54) is 11.8 Å². The molecule has 0 spiro atoms. The number of benzene rings is 1. The summed E-state index contributed by atoms with van der Waals surface area (Å²) in [7, 11) is 0. The van der Waals surface area contributed by atoms with Gasteiger partial charge in [0.1, 0.15) is 5.75 Å². The minimum Gasteiger partial charge on any atom is -0.425 e. The monoisotopic (exact) mass is 376 g/mol. The number of hydrogen-bond acceptors (Lipinski definition) is 6. The van der Waals surface area contributed by atoms with Gasteiger partial charge in [0.25, 0.3) is 5.78 Å². The maximum Gasteiger partial charge on any atom is 0.315 e. The van der Waals surface area contributed by atoms with Crippen LogP contribution in [-0.2, 0) is 11.2 Å². The normalized spacial score (nSPS) is 11.1. The molecule has 0 atom stereocenters. The molecule has 130 valence electrons. The maximum absolute atomic E-state index is 12.4. The Hall–Kier alpha value is -2.12. The predicted molar refractivity (Wildman–Crippen MR) is 97.6 cm³/mol. The lowest BCUT2D eigenvalue weighted by atomic mass is 10.1. The number of thioether (sulfide) groups is 1. The summed E-state index contributed by atoms with van der Waals surface area (Å²) in [5.74, 6) is 0.490. The van der Waals surface area contributed by atoms with Crippen LogP contribution in [0.25, 0.3) is 5.78 Å². The third kappa shape index (κ3) is 3.62. The molecule has 0 fully saturated rings.